The van der Waals surface area contributed by atoms with Gasteiger partial charge in [-0.25, -0.2) is 8.42 Å². The van der Waals surface area contributed by atoms with Crippen LogP contribution >= 0.6 is 23.4 Å². The number of nitrogens with zero attached hydrogens (tertiary/aromatic N) is 1. The van der Waals surface area contributed by atoms with Crippen LogP contribution in [0, 0.1) is 0 Å². The van der Waals surface area contributed by atoms with Crippen molar-refractivity contribution < 1.29 is 18.0 Å². The number of halogens is 1. The number of amides is 2. The largest absolute Gasteiger partial charge is 0.369 e. The van der Waals surface area contributed by atoms with E-state index in [1.54, 1.807) is 24.3 Å². The van der Waals surface area contributed by atoms with E-state index in [1.165, 1.54) is 34.3 Å². The number of hydrogen-bond acceptors (Lipinski definition) is 5. The van der Waals surface area contributed by atoms with Crippen LogP contribution in [0.2, 0.25) is 5.02 Å². The van der Waals surface area contributed by atoms with Crippen molar-refractivity contribution in [2.75, 3.05) is 24.2 Å². The van der Waals surface area contributed by atoms with Crippen molar-refractivity contribution in [1.82, 2.24) is 4.31 Å². The van der Waals surface area contributed by atoms with E-state index < -0.39 is 21.8 Å². The van der Waals surface area contributed by atoms with Crippen LogP contribution in [0.15, 0.2) is 52.3 Å². The van der Waals surface area contributed by atoms with Crippen LogP contribution in [-0.2, 0) is 14.8 Å². The fourth-order valence-electron chi connectivity index (χ4n) is 3.13. The fraction of sp³-hybridized carbons (Fsp3) is 0.300. The zero-order valence-electron chi connectivity index (χ0n) is 16.1. The third kappa shape index (κ3) is 5.34. The van der Waals surface area contributed by atoms with E-state index in [2.05, 4.69) is 5.32 Å². The lowest BCUT2D eigenvalue weighted by molar-refractivity contribution is -0.115. The Balaban J connectivity index is 1.84. The summed E-state index contributed by atoms with van der Waals surface area (Å²) in [4.78, 5) is 24.5. The average molecular weight is 468 g/mol. The van der Waals surface area contributed by atoms with Crippen molar-refractivity contribution in [2.24, 2.45) is 5.73 Å². The number of anilines is 1. The number of benzene rings is 2. The first kappa shape index (κ1) is 22.6. The highest BCUT2D eigenvalue weighted by Gasteiger charge is 2.28. The molecule has 0 spiro atoms. The summed E-state index contributed by atoms with van der Waals surface area (Å²) in [7, 11) is -3.78. The number of sulfonamides is 1. The van der Waals surface area contributed by atoms with Crippen molar-refractivity contribution in [2.45, 2.75) is 29.1 Å². The fourth-order valence-corrected chi connectivity index (χ4v) is 5.89. The van der Waals surface area contributed by atoms with Crippen LogP contribution in [0.1, 0.15) is 29.6 Å². The smallest absolute Gasteiger partial charge is 0.255 e. The summed E-state index contributed by atoms with van der Waals surface area (Å²) >= 11 is 7.38. The molecular weight excluding hydrogens is 446 g/mol. The molecule has 3 N–H and O–H groups in total. The number of primary amides is 1. The molecule has 3 rings (SSSR count). The molecule has 0 aromatic heterocycles. The van der Waals surface area contributed by atoms with Gasteiger partial charge in [0.05, 0.1) is 16.5 Å². The highest BCUT2D eigenvalue weighted by atomic mass is 35.5. The summed E-state index contributed by atoms with van der Waals surface area (Å²) in [6.07, 6.45) is 2.60. The molecule has 0 saturated carbocycles. The maximum absolute atomic E-state index is 13.0. The second-order valence-corrected chi connectivity index (χ2v) is 10.1. The highest BCUT2D eigenvalue weighted by molar-refractivity contribution is 8.00. The lowest BCUT2D eigenvalue weighted by Gasteiger charge is -2.26. The first-order chi connectivity index (χ1) is 14.3. The Labute approximate surface area is 185 Å². The monoisotopic (exact) mass is 467 g/mol. The van der Waals surface area contributed by atoms with Gasteiger partial charge in [-0.1, -0.05) is 30.2 Å². The predicted molar refractivity (Wildman–Crippen MR) is 118 cm³/mol. The van der Waals surface area contributed by atoms with E-state index in [4.69, 9.17) is 17.3 Å². The van der Waals surface area contributed by atoms with Crippen LogP contribution in [0.5, 0.6) is 0 Å². The van der Waals surface area contributed by atoms with Crippen molar-refractivity contribution in [3.8, 4) is 0 Å². The van der Waals surface area contributed by atoms with Gasteiger partial charge in [-0.05, 0) is 43.2 Å². The van der Waals surface area contributed by atoms with Gasteiger partial charge in [0, 0.05) is 23.5 Å². The number of hydrogen-bond donors (Lipinski definition) is 2. The molecule has 1 aliphatic heterocycles. The Bertz CT molecular complexity index is 1050. The normalized spacial score (nSPS) is 15.0. The molecular formula is C20H22ClN3O4S2. The maximum atomic E-state index is 13.0. The van der Waals surface area contributed by atoms with Gasteiger partial charge in [0.15, 0.2) is 0 Å². The van der Waals surface area contributed by atoms with E-state index in [1.807, 2.05) is 0 Å². The number of para-hydroxylation sites is 1. The Morgan fingerprint density at radius 1 is 1.10 bits per heavy atom. The molecule has 0 unspecified atom stereocenters. The van der Waals surface area contributed by atoms with Crippen LogP contribution in [0.25, 0.3) is 0 Å². The number of thioether (sulfide) groups is 1. The molecule has 1 fully saturated rings. The molecule has 2 amide bonds. The molecule has 10 heteroatoms. The Kier molecular flexibility index (Phi) is 7.41. The molecule has 1 heterocycles. The van der Waals surface area contributed by atoms with E-state index in [-0.39, 0.29) is 21.2 Å². The predicted octanol–water partition coefficient (Wildman–Crippen LogP) is 3.34. The first-order valence-corrected chi connectivity index (χ1v) is 12.2. The summed E-state index contributed by atoms with van der Waals surface area (Å²) in [5, 5.41) is 2.84. The molecule has 0 aliphatic carbocycles. The Morgan fingerprint density at radius 2 is 1.80 bits per heavy atom. The minimum atomic E-state index is -3.78. The van der Waals surface area contributed by atoms with Gasteiger partial charge in [0.2, 0.25) is 15.9 Å². The van der Waals surface area contributed by atoms with Gasteiger partial charge in [-0.3, -0.25) is 9.59 Å². The number of carbonyl (C=O) groups excluding carboxylic acids is 2. The number of nitrogens with two attached hydrogens (primary N) is 1. The lowest BCUT2D eigenvalue weighted by atomic mass is 10.2. The SMILES string of the molecule is NC(=O)CSc1ccccc1NC(=O)c1ccc(Cl)c(S(=O)(=O)N2CCCCC2)c1. The Hall–Kier alpha value is -2.07. The summed E-state index contributed by atoms with van der Waals surface area (Å²) in [6.45, 7) is 0.888. The van der Waals surface area contributed by atoms with Gasteiger partial charge >= 0.3 is 0 Å². The summed E-state index contributed by atoms with van der Waals surface area (Å²) < 4.78 is 27.4. The van der Waals surface area contributed by atoms with Crippen LogP contribution in [0.4, 0.5) is 5.69 Å². The van der Waals surface area contributed by atoms with E-state index in [0.717, 1.165) is 19.3 Å². The number of piperidine rings is 1. The van der Waals surface area contributed by atoms with E-state index in [9.17, 15) is 18.0 Å². The molecule has 2 aromatic carbocycles. The van der Waals surface area contributed by atoms with Crippen molar-refractivity contribution >= 4 is 50.9 Å². The standard InChI is InChI=1S/C20H22ClN3O4S2/c21-15-9-8-14(12-18(15)30(27,28)24-10-4-1-5-11-24)20(26)23-16-6-2-3-7-17(16)29-13-19(22)25/h2-3,6-9,12H,1,4-5,10-11,13H2,(H2,22,25)(H,23,26). The van der Waals surface area contributed by atoms with Crippen LogP contribution < -0.4 is 11.1 Å². The molecule has 160 valence electrons. The second-order valence-electron chi connectivity index (χ2n) is 6.82. The van der Waals surface area contributed by atoms with Crippen LogP contribution in [-0.4, -0.2) is 43.4 Å². The third-order valence-corrected chi connectivity index (χ3v) is 8.11. The number of nitrogens with one attached hydrogen (secondary N) is 1. The highest BCUT2D eigenvalue weighted by Crippen LogP contribution is 2.30. The van der Waals surface area contributed by atoms with Crippen molar-refractivity contribution in [3.63, 3.8) is 0 Å². The first-order valence-electron chi connectivity index (χ1n) is 9.40. The van der Waals surface area contributed by atoms with Crippen molar-refractivity contribution in [1.29, 1.82) is 0 Å². The zero-order valence-corrected chi connectivity index (χ0v) is 18.5. The summed E-state index contributed by atoms with van der Waals surface area (Å²) in [5.74, 6) is -0.869. The molecule has 0 bridgehead atoms. The quantitative estimate of drug-likeness (QED) is 0.607. The minimum Gasteiger partial charge on any atom is -0.369 e. The molecule has 7 nitrogen and oxygen atoms in total. The molecule has 0 radical (unpaired) electrons. The van der Waals surface area contributed by atoms with Crippen molar-refractivity contribution in [3.05, 3.63) is 53.1 Å². The molecule has 0 atom stereocenters. The van der Waals surface area contributed by atoms with Gasteiger partial charge in [-0.2, -0.15) is 4.31 Å². The summed E-state index contributed by atoms with van der Waals surface area (Å²) in [6, 6.07) is 11.2. The molecule has 2 aromatic rings. The second kappa shape index (κ2) is 9.82. The molecule has 1 aliphatic rings. The molecule has 1 saturated heterocycles. The van der Waals surface area contributed by atoms with Gasteiger partial charge < -0.3 is 11.1 Å². The van der Waals surface area contributed by atoms with Gasteiger partial charge in [0.1, 0.15) is 4.90 Å². The summed E-state index contributed by atoms with van der Waals surface area (Å²) in [5.41, 5.74) is 5.87. The van der Waals surface area contributed by atoms with E-state index in [0.29, 0.717) is 23.7 Å². The maximum Gasteiger partial charge on any atom is 0.255 e. The van der Waals surface area contributed by atoms with E-state index >= 15 is 0 Å². The Morgan fingerprint density at radius 3 is 2.50 bits per heavy atom. The minimum absolute atomic E-state index is 0.0740. The zero-order chi connectivity index (χ0) is 21.7. The average Bonchev–Trinajstić information content (AvgIpc) is 2.73. The van der Waals surface area contributed by atoms with Gasteiger partial charge in [-0.15, -0.1) is 11.8 Å². The third-order valence-electron chi connectivity index (χ3n) is 4.63. The molecule has 30 heavy (non-hydrogen) atoms. The lowest BCUT2D eigenvalue weighted by Crippen LogP contribution is -2.35. The number of rotatable bonds is 7. The van der Waals surface area contributed by atoms with Gasteiger partial charge in [0.25, 0.3) is 5.91 Å². The topological polar surface area (TPSA) is 110 Å². The van der Waals surface area contributed by atoms with Crippen LogP contribution in [0.3, 0.4) is 0 Å². The number of carbonyl (C=O) groups is 2.